The van der Waals surface area contributed by atoms with Gasteiger partial charge in [-0.05, 0) is 6.08 Å². The maximum Gasteiger partial charge on any atom is 0.232 e. The van der Waals surface area contributed by atoms with Gasteiger partial charge in [-0.25, -0.2) is 4.39 Å². The molecule has 60 valence electrons. The van der Waals surface area contributed by atoms with Gasteiger partial charge in [0, 0.05) is 19.1 Å². The number of hydrogen-bond donors (Lipinski definition) is 0. The Morgan fingerprint density at radius 2 is 2.55 bits per heavy atom. The first-order valence-electron chi connectivity index (χ1n) is 3.29. The highest BCUT2D eigenvalue weighted by Crippen LogP contribution is 2.24. The monoisotopic (exact) mass is 156 g/mol. The van der Waals surface area contributed by atoms with E-state index in [-0.39, 0.29) is 6.42 Å². The van der Waals surface area contributed by atoms with Crippen LogP contribution in [0.1, 0.15) is 6.42 Å². The molecule has 0 saturated heterocycles. The van der Waals surface area contributed by atoms with Crippen molar-refractivity contribution in [1.82, 2.24) is 0 Å². The average molecular weight is 156 g/mol. The lowest BCUT2D eigenvalue weighted by Gasteiger charge is -2.20. The van der Waals surface area contributed by atoms with E-state index in [0.717, 1.165) is 0 Å². The molecular formula is C8H9FO2. The molecule has 0 bridgehead atoms. The first-order valence-corrected chi connectivity index (χ1v) is 3.29. The summed E-state index contributed by atoms with van der Waals surface area (Å²) < 4.78 is 17.7. The minimum atomic E-state index is -1.72. The van der Waals surface area contributed by atoms with Crippen LogP contribution in [0.5, 0.6) is 0 Å². The minimum absolute atomic E-state index is 0.105. The number of carbonyl (C=O) groups excluding carboxylic acids is 1. The molecule has 3 heteroatoms. The first kappa shape index (κ1) is 8.14. The van der Waals surface area contributed by atoms with Crippen LogP contribution >= 0.6 is 0 Å². The Balaban J connectivity index is 2.70. The fraction of sp³-hybridized carbons (Fsp3) is 0.375. The topological polar surface area (TPSA) is 26.3 Å². The van der Waals surface area contributed by atoms with E-state index in [9.17, 15) is 9.18 Å². The third-order valence-corrected chi connectivity index (χ3v) is 1.62. The van der Waals surface area contributed by atoms with E-state index < -0.39 is 5.85 Å². The molecular weight excluding hydrogens is 147 g/mol. The maximum atomic E-state index is 13.1. The zero-order valence-corrected chi connectivity index (χ0v) is 6.21. The smallest absolute Gasteiger partial charge is 0.232 e. The summed E-state index contributed by atoms with van der Waals surface area (Å²) in [5.41, 5.74) is 0.496. The third kappa shape index (κ3) is 1.74. The van der Waals surface area contributed by atoms with Gasteiger partial charge < -0.3 is 4.74 Å². The molecule has 1 aliphatic carbocycles. The zero-order chi connectivity index (χ0) is 8.32. The van der Waals surface area contributed by atoms with Gasteiger partial charge in [-0.15, -0.1) is 0 Å². The summed E-state index contributed by atoms with van der Waals surface area (Å²) in [6.45, 7) is 0. The number of halogens is 1. The van der Waals surface area contributed by atoms with Gasteiger partial charge in [-0.1, -0.05) is 12.2 Å². The minimum Gasteiger partial charge on any atom is -0.346 e. The molecule has 1 unspecified atom stereocenters. The van der Waals surface area contributed by atoms with Crippen molar-refractivity contribution in [1.29, 1.82) is 0 Å². The van der Waals surface area contributed by atoms with Gasteiger partial charge in [0.05, 0.1) is 0 Å². The van der Waals surface area contributed by atoms with E-state index in [1.54, 1.807) is 0 Å². The Morgan fingerprint density at radius 3 is 2.91 bits per heavy atom. The largest absolute Gasteiger partial charge is 0.346 e. The van der Waals surface area contributed by atoms with Crippen LogP contribution in [0.4, 0.5) is 4.39 Å². The highest BCUT2D eigenvalue weighted by molar-refractivity contribution is 5.77. The van der Waals surface area contributed by atoms with E-state index in [2.05, 4.69) is 4.74 Å². The van der Waals surface area contributed by atoms with Crippen LogP contribution < -0.4 is 0 Å². The van der Waals surface area contributed by atoms with Crippen LogP contribution in [0.3, 0.4) is 0 Å². The van der Waals surface area contributed by atoms with Gasteiger partial charge in [-0.2, -0.15) is 0 Å². The standard InChI is InChI=1S/C8H9FO2/c1-11-8(9)4-2-7(6-10)3-5-8/h2-4,6H,5H2,1H3. The van der Waals surface area contributed by atoms with Crippen molar-refractivity contribution in [2.45, 2.75) is 12.3 Å². The molecule has 0 aliphatic heterocycles. The molecule has 0 aromatic rings. The summed E-state index contributed by atoms with van der Waals surface area (Å²) in [6, 6.07) is 0. The van der Waals surface area contributed by atoms with Gasteiger partial charge >= 0.3 is 0 Å². The zero-order valence-electron chi connectivity index (χ0n) is 6.21. The second-order valence-electron chi connectivity index (χ2n) is 2.35. The molecule has 1 aliphatic rings. The van der Waals surface area contributed by atoms with Crippen molar-refractivity contribution >= 4 is 6.29 Å². The quantitative estimate of drug-likeness (QED) is 0.564. The fourth-order valence-corrected chi connectivity index (χ4v) is 0.853. The van der Waals surface area contributed by atoms with Crippen LogP contribution in [0.25, 0.3) is 0 Å². The Kier molecular flexibility index (Phi) is 2.19. The molecule has 1 atom stereocenters. The molecule has 0 saturated carbocycles. The second kappa shape index (κ2) is 2.96. The average Bonchev–Trinajstić information content (AvgIpc) is 2.06. The summed E-state index contributed by atoms with van der Waals surface area (Å²) in [7, 11) is 1.30. The van der Waals surface area contributed by atoms with Gasteiger partial charge in [0.2, 0.25) is 5.85 Å². The van der Waals surface area contributed by atoms with Crippen LogP contribution in [0.15, 0.2) is 23.8 Å². The van der Waals surface area contributed by atoms with E-state index in [0.29, 0.717) is 11.9 Å². The van der Waals surface area contributed by atoms with Crippen molar-refractivity contribution in [2.24, 2.45) is 0 Å². The number of hydrogen-bond acceptors (Lipinski definition) is 2. The number of alkyl halides is 1. The van der Waals surface area contributed by atoms with Gasteiger partial charge in [0.15, 0.2) is 0 Å². The molecule has 0 radical (unpaired) electrons. The van der Waals surface area contributed by atoms with Crippen molar-refractivity contribution in [2.75, 3.05) is 7.11 Å². The first-order chi connectivity index (χ1) is 5.20. The predicted molar refractivity (Wildman–Crippen MR) is 38.8 cm³/mol. The summed E-state index contributed by atoms with van der Waals surface area (Å²) in [6.07, 6.45) is 4.97. The summed E-state index contributed by atoms with van der Waals surface area (Å²) >= 11 is 0. The van der Waals surface area contributed by atoms with Crippen molar-refractivity contribution in [3.05, 3.63) is 23.8 Å². The molecule has 0 aromatic carbocycles. The molecule has 0 spiro atoms. The lowest BCUT2D eigenvalue weighted by Crippen LogP contribution is -2.23. The van der Waals surface area contributed by atoms with E-state index in [1.165, 1.54) is 25.3 Å². The van der Waals surface area contributed by atoms with Crippen molar-refractivity contribution in [3.63, 3.8) is 0 Å². The fourth-order valence-electron chi connectivity index (χ4n) is 0.853. The second-order valence-corrected chi connectivity index (χ2v) is 2.35. The van der Waals surface area contributed by atoms with E-state index in [1.807, 2.05) is 0 Å². The highest BCUT2D eigenvalue weighted by atomic mass is 19.2. The third-order valence-electron chi connectivity index (χ3n) is 1.62. The number of allylic oxidation sites excluding steroid dienone is 2. The summed E-state index contributed by atoms with van der Waals surface area (Å²) in [5, 5.41) is 0. The van der Waals surface area contributed by atoms with Gasteiger partial charge in [0.1, 0.15) is 6.29 Å². The van der Waals surface area contributed by atoms with Crippen LogP contribution in [-0.4, -0.2) is 19.3 Å². The lowest BCUT2D eigenvalue weighted by atomic mass is 10.0. The molecule has 1 rings (SSSR count). The predicted octanol–water partition coefficient (Wildman–Crippen LogP) is 1.38. The molecule has 0 heterocycles. The highest BCUT2D eigenvalue weighted by Gasteiger charge is 2.26. The molecule has 0 N–H and O–H groups in total. The van der Waals surface area contributed by atoms with Gasteiger partial charge in [-0.3, -0.25) is 4.79 Å². The number of ether oxygens (including phenoxy) is 1. The lowest BCUT2D eigenvalue weighted by molar-refractivity contribution is -0.104. The van der Waals surface area contributed by atoms with Crippen molar-refractivity contribution in [3.8, 4) is 0 Å². The van der Waals surface area contributed by atoms with Crippen LogP contribution in [-0.2, 0) is 9.53 Å². The number of aldehydes is 1. The van der Waals surface area contributed by atoms with Crippen molar-refractivity contribution < 1.29 is 13.9 Å². The summed E-state index contributed by atoms with van der Waals surface area (Å²) in [4.78, 5) is 10.2. The Bertz CT molecular complexity index is 220. The Hall–Kier alpha value is -0.960. The van der Waals surface area contributed by atoms with E-state index in [4.69, 9.17) is 0 Å². The van der Waals surface area contributed by atoms with Gasteiger partial charge in [0.25, 0.3) is 0 Å². The molecule has 0 fully saturated rings. The van der Waals surface area contributed by atoms with Crippen LogP contribution in [0.2, 0.25) is 0 Å². The number of rotatable bonds is 2. The Morgan fingerprint density at radius 1 is 1.82 bits per heavy atom. The number of carbonyl (C=O) groups is 1. The number of methoxy groups -OCH3 is 1. The Labute approximate surface area is 64.3 Å². The van der Waals surface area contributed by atoms with Crippen LogP contribution in [0, 0.1) is 0 Å². The molecule has 2 nitrogen and oxygen atoms in total. The molecule has 0 aromatic heterocycles. The summed E-state index contributed by atoms with van der Waals surface area (Å²) in [5.74, 6) is -1.72. The molecule has 11 heavy (non-hydrogen) atoms. The maximum absolute atomic E-state index is 13.1. The SMILES string of the molecule is COC1(F)C=CC(C=O)=CC1. The molecule has 0 amide bonds. The van der Waals surface area contributed by atoms with E-state index >= 15 is 0 Å². The normalized spacial score (nSPS) is 29.8.